The lowest BCUT2D eigenvalue weighted by atomic mass is 9.91. The molecular weight excluding hydrogens is 528 g/mol. The first-order valence-corrected chi connectivity index (χ1v) is 14.6. The van der Waals surface area contributed by atoms with Crippen molar-refractivity contribution in [2.45, 2.75) is 78.5 Å². The number of carbonyl (C=O) groups is 3. The van der Waals surface area contributed by atoms with Gasteiger partial charge in [0.2, 0.25) is 11.8 Å². The monoisotopic (exact) mass is 566 g/mol. The molecule has 1 aromatic carbocycles. The highest BCUT2D eigenvalue weighted by Crippen LogP contribution is 2.32. The van der Waals surface area contributed by atoms with E-state index in [1.807, 2.05) is 58.9 Å². The van der Waals surface area contributed by atoms with Crippen LogP contribution in [0.2, 0.25) is 0 Å². The van der Waals surface area contributed by atoms with Crippen LogP contribution in [0.1, 0.15) is 75.2 Å². The van der Waals surface area contributed by atoms with Crippen molar-refractivity contribution >= 4 is 28.9 Å². The van der Waals surface area contributed by atoms with Crippen molar-refractivity contribution in [2.75, 3.05) is 6.54 Å². The third-order valence-electron chi connectivity index (χ3n) is 7.44. The smallest absolute Gasteiger partial charge is 0.243 e. The summed E-state index contributed by atoms with van der Waals surface area (Å²) < 4.78 is 5.42. The van der Waals surface area contributed by atoms with Gasteiger partial charge in [-0.15, -0.1) is 11.3 Å². The Kier molecular flexibility index (Phi) is 9.20. The molecule has 1 aliphatic rings. The van der Waals surface area contributed by atoms with E-state index in [1.54, 1.807) is 29.8 Å². The van der Waals surface area contributed by atoms with Gasteiger partial charge in [0, 0.05) is 31.4 Å². The van der Waals surface area contributed by atoms with Crippen molar-refractivity contribution in [3.05, 3.63) is 58.6 Å². The molecule has 10 heteroatoms. The highest BCUT2D eigenvalue weighted by Gasteiger charge is 2.43. The van der Waals surface area contributed by atoms with Gasteiger partial charge in [0.1, 0.15) is 23.5 Å². The minimum absolute atomic E-state index is 0.0210. The van der Waals surface area contributed by atoms with Crippen molar-refractivity contribution in [1.29, 1.82) is 0 Å². The summed E-state index contributed by atoms with van der Waals surface area (Å²) in [5.41, 5.74) is 5.23. The van der Waals surface area contributed by atoms with Gasteiger partial charge >= 0.3 is 0 Å². The summed E-state index contributed by atoms with van der Waals surface area (Å²) in [5, 5.41) is 17.5. The van der Waals surface area contributed by atoms with E-state index in [9.17, 15) is 19.5 Å². The number of aromatic nitrogens is 2. The van der Waals surface area contributed by atoms with Crippen molar-refractivity contribution in [3.63, 3.8) is 0 Å². The molecule has 2 aromatic heterocycles. The van der Waals surface area contributed by atoms with Gasteiger partial charge in [-0.3, -0.25) is 14.4 Å². The second-order valence-electron chi connectivity index (χ2n) is 11.3. The quantitative estimate of drug-likeness (QED) is 0.368. The van der Waals surface area contributed by atoms with Gasteiger partial charge in [-0.1, -0.05) is 57.1 Å². The maximum absolute atomic E-state index is 13.7. The van der Waals surface area contributed by atoms with Gasteiger partial charge in [0.15, 0.2) is 0 Å². The van der Waals surface area contributed by atoms with E-state index < -0.39 is 30.0 Å². The predicted molar refractivity (Wildman–Crippen MR) is 153 cm³/mol. The Labute approximate surface area is 239 Å². The number of Topliss-reactive ketones (excluding diaryl/α,β-unsaturated/α-hetero) is 1. The number of hydrogen-bond acceptors (Lipinski definition) is 8. The molecule has 2 N–H and O–H groups in total. The molecule has 4 rings (SSSR count). The zero-order valence-corrected chi connectivity index (χ0v) is 24.7. The molecule has 1 fully saturated rings. The second kappa shape index (κ2) is 12.4. The fraction of sp³-hybridized carbons (Fsp3) is 0.500. The summed E-state index contributed by atoms with van der Waals surface area (Å²) >= 11 is 1.56. The van der Waals surface area contributed by atoms with Gasteiger partial charge in [-0.25, -0.2) is 4.98 Å². The maximum atomic E-state index is 13.7. The van der Waals surface area contributed by atoms with Crippen LogP contribution in [0.5, 0.6) is 0 Å². The molecule has 40 heavy (non-hydrogen) atoms. The van der Waals surface area contributed by atoms with E-state index in [0.29, 0.717) is 11.5 Å². The minimum atomic E-state index is -0.872. The minimum Gasteiger partial charge on any atom is -0.391 e. The lowest BCUT2D eigenvalue weighted by molar-refractivity contribution is -0.141. The Morgan fingerprint density at radius 1 is 1.15 bits per heavy atom. The molecule has 214 valence electrons. The molecular formula is C30H38N4O5S. The number of benzene rings is 1. The summed E-state index contributed by atoms with van der Waals surface area (Å²) in [7, 11) is 0. The summed E-state index contributed by atoms with van der Waals surface area (Å²) in [4.78, 5) is 47.1. The Hall–Kier alpha value is -3.37. The number of aliphatic hydroxyl groups is 1. The predicted octanol–water partition coefficient (Wildman–Crippen LogP) is 4.59. The fourth-order valence-electron chi connectivity index (χ4n) is 5.15. The zero-order chi connectivity index (χ0) is 29.1. The van der Waals surface area contributed by atoms with Crippen molar-refractivity contribution in [2.24, 2.45) is 11.8 Å². The fourth-order valence-corrected chi connectivity index (χ4v) is 5.96. The molecule has 1 saturated heterocycles. The van der Waals surface area contributed by atoms with E-state index in [4.69, 9.17) is 4.52 Å². The number of carbonyl (C=O) groups excluding carboxylic acids is 3. The molecule has 0 unspecified atom stereocenters. The number of thiazole rings is 1. The van der Waals surface area contributed by atoms with Gasteiger partial charge < -0.3 is 19.8 Å². The first kappa shape index (κ1) is 29.6. The molecule has 0 bridgehead atoms. The van der Waals surface area contributed by atoms with Crippen molar-refractivity contribution in [1.82, 2.24) is 20.4 Å². The number of hydrogen-bond donors (Lipinski definition) is 2. The normalized spacial score (nSPS) is 18.8. The first-order chi connectivity index (χ1) is 19.0. The molecule has 3 aromatic rings. The van der Waals surface area contributed by atoms with Crippen LogP contribution < -0.4 is 5.32 Å². The van der Waals surface area contributed by atoms with Crippen LogP contribution in [0, 0.1) is 25.7 Å². The lowest BCUT2D eigenvalue weighted by Gasteiger charge is -2.30. The number of amides is 2. The SMILES string of the molecule is Cc1cc([C@H](C(=O)N2C[C@H](O)C[C@H]2C(=O)N[C@@H](CC(=O)C(C)C)c2ccc(-c3scnc3C)cc2)C(C)C)on1. The summed E-state index contributed by atoms with van der Waals surface area (Å²) in [6.07, 6.45) is -0.592. The third kappa shape index (κ3) is 6.50. The van der Waals surface area contributed by atoms with Crippen molar-refractivity contribution < 1.29 is 24.0 Å². The van der Waals surface area contributed by atoms with E-state index in [1.165, 1.54) is 4.90 Å². The maximum Gasteiger partial charge on any atom is 0.243 e. The molecule has 2 amide bonds. The van der Waals surface area contributed by atoms with Gasteiger partial charge in [-0.2, -0.15) is 0 Å². The van der Waals surface area contributed by atoms with E-state index in [2.05, 4.69) is 15.5 Å². The number of ketones is 1. The number of nitrogens with zero attached hydrogens (tertiary/aromatic N) is 3. The van der Waals surface area contributed by atoms with Crippen LogP contribution in [0.15, 0.2) is 40.4 Å². The van der Waals surface area contributed by atoms with E-state index in [-0.39, 0.29) is 42.9 Å². The largest absolute Gasteiger partial charge is 0.391 e. The standard InChI is InChI=1S/C30H38N4O5S/c1-16(2)25(36)13-23(20-7-9-21(10-8-20)28-19(6)31-15-40-28)32-29(37)24-12-22(35)14-34(24)30(38)27(17(3)4)26-11-18(5)33-39-26/h7-11,15-17,22-24,27,35H,12-14H2,1-6H3,(H,32,37)/t22-,23+,24+,27-/m1/s1. The van der Waals surface area contributed by atoms with Crippen molar-refractivity contribution in [3.8, 4) is 10.4 Å². The molecule has 0 radical (unpaired) electrons. The van der Waals surface area contributed by atoms with Gasteiger partial charge in [0.05, 0.1) is 33.9 Å². The molecule has 1 aliphatic heterocycles. The number of likely N-dealkylation sites (tertiary alicyclic amines) is 1. The molecule has 9 nitrogen and oxygen atoms in total. The lowest BCUT2D eigenvalue weighted by Crippen LogP contribution is -2.49. The Balaban J connectivity index is 1.58. The third-order valence-corrected chi connectivity index (χ3v) is 8.41. The summed E-state index contributed by atoms with van der Waals surface area (Å²) in [6, 6.07) is 8.05. The molecule has 0 spiro atoms. The molecule has 4 atom stereocenters. The Bertz CT molecular complexity index is 1350. The van der Waals surface area contributed by atoms with E-state index >= 15 is 0 Å². The number of aliphatic hydroxyl groups excluding tert-OH is 1. The topological polar surface area (TPSA) is 126 Å². The average Bonchev–Trinajstić information content (AvgIpc) is 3.63. The van der Waals surface area contributed by atoms with Crippen LogP contribution in [0.4, 0.5) is 0 Å². The average molecular weight is 567 g/mol. The zero-order valence-electron chi connectivity index (χ0n) is 23.9. The van der Waals surface area contributed by atoms with Crippen LogP contribution >= 0.6 is 11.3 Å². The summed E-state index contributed by atoms with van der Waals surface area (Å²) in [5.74, 6) is -1.17. The van der Waals surface area contributed by atoms with Gasteiger partial charge in [-0.05, 0) is 30.9 Å². The highest BCUT2D eigenvalue weighted by molar-refractivity contribution is 7.13. The van der Waals surface area contributed by atoms with Crippen LogP contribution in [-0.2, 0) is 14.4 Å². The highest BCUT2D eigenvalue weighted by atomic mass is 32.1. The van der Waals surface area contributed by atoms with Crippen LogP contribution in [-0.4, -0.2) is 56.4 Å². The van der Waals surface area contributed by atoms with Crippen LogP contribution in [0.3, 0.4) is 0 Å². The van der Waals surface area contributed by atoms with E-state index in [0.717, 1.165) is 21.7 Å². The number of aryl methyl sites for hydroxylation is 2. The second-order valence-corrected chi connectivity index (χ2v) is 12.1. The molecule has 0 saturated carbocycles. The number of β-amino-alcohol motifs (C(OH)–C–C–N with tert-alkyl or cyclic N) is 1. The molecule has 0 aliphatic carbocycles. The van der Waals surface area contributed by atoms with Gasteiger partial charge in [0.25, 0.3) is 0 Å². The first-order valence-electron chi connectivity index (χ1n) is 13.7. The summed E-state index contributed by atoms with van der Waals surface area (Å²) in [6.45, 7) is 11.3. The Morgan fingerprint density at radius 3 is 2.40 bits per heavy atom. The number of nitrogens with one attached hydrogen (secondary N) is 1. The Morgan fingerprint density at radius 2 is 1.85 bits per heavy atom. The van der Waals surface area contributed by atoms with Crippen LogP contribution in [0.25, 0.3) is 10.4 Å². The number of rotatable bonds is 10. The molecule has 3 heterocycles.